The maximum atomic E-state index is 12.2. The minimum absolute atomic E-state index is 0.0732. The van der Waals surface area contributed by atoms with E-state index in [4.69, 9.17) is 0 Å². The number of hydrogen-bond donors (Lipinski definition) is 0. The molecule has 0 atom stereocenters. The standard InChI is InChI=1S/C11H12BrN5O/c1-2-3-4-16-9-7(5-8(12)14-9)10(18)17-6-13-15-11(16)17/h6H,2-5H2,1H3. The molecule has 0 spiro atoms. The normalized spacial score (nSPS) is 14.0. The van der Waals surface area contributed by atoms with E-state index in [1.165, 1.54) is 10.7 Å². The van der Waals surface area contributed by atoms with Gasteiger partial charge in [-0.25, -0.2) is 9.39 Å². The van der Waals surface area contributed by atoms with E-state index in [9.17, 15) is 4.79 Å². The first-order valence-corrected chi connectivity index (χ1v) is 6.70. The minimum atomic E-state index is -0.0732. The van der Waals surface area contributed by atoms with E-state index < -0.39 is 0 Å². The molecule has 0 radical (unpaired) electrons. The molecular weight excluding hydrogens is 298 g/mol. The Balaban J connectivity index is 2.30. The van der Waals surface area contributed by atoms with Crippen LogP contribution >= 0.6 is 15.9 Å². The van der Waals surface area contributed by atoms with Gasteiger partial charge in [0.2, 0.25) is 5.78 Å². The smallest absolute Gasteiger partial charge is 0.266 e. The molecule has 0 aromatic carbocycles. The van der Waals surface area contributed by atoms with Crippen LogP contribution in [0.5, 0.6) is 0 Å². The summed E-state index contributed by atoms with van der Waals surface area (Å²) in [6.07, 6.45) is 4.11. The SMILES string of the molecule is CCCCn1c2c(c(=O)n3cnnc13)CC(Br)=N2. The second kappa shape index (κ2) is 4.31. The van der Waals surface area contributed by atoms with Crippen LogP contribution in [0.2, 0.25) is 0 Å². The van der Waals surface area contributed by atoms with Crippen LogP contribution in [-0.2, 0) is 13.0 Å². The molecule has 3 heterocycles. The molecule has 94 valence electrons. The van der Waals surface area contributed by atoms with Crippen LogP contribution in [0, 0.1) is 0 Å². The van der Waals surface area contributed by atoms with Gasteiger partial charge in [0.05, 0.1) is 10.2 Å². The van der Waals surface area contributed by atoms with Crippen molar-refractivity contribution < 1.29 is 0 Å². The van der Waals surface area contributed by atoms with E-state index in [0.717, 1.165) is 29.8 Å². The average Bonchev–Trinajstić information content (AvgIpc) is 2.95. The van der Waals surface area contributed by atoms with Gasteiger partial charge in [-0.3, -0.25) is 9.36 Å². The fraction of sp³-hybridized carbons (Fsp3) is 0.455. The van der Waals surface area contributed by atoms with E-state index in [1.807, 2.05) is 4.57 Å². The lowest BCUT2D eigenvalue weighted by Crippen LogP contribution is -2.21. The van der Waals surface area contributed by atoms with Gasteiger partial charge in [0.25, 0.3) is 5.56 Å². The number of aryl methyl sites for hydroxylation is 1. The molecule has 1 aliphatic rings. The number of aliphatic imine (C=N–C) groups is 1. The fourth-order valence-corrected chi connectivity index (χ4v) is 2.61. The van der Waals surface area contributed by atoms with Crippen LogP contribution in [-0.4, -0.2) is 23.8 Å². The van der Waals surface area contributed by atoms with Crippen LogP contribution in [0.3, 0.4) is 0 Å². The highest BCUT2D eigenvalue weighted by Crippen LogP contribution is 2.27. The van der Waals surface area contributed by atoms with E-state index in [0.29, 0.717) is 17.8 Å². The molecule has 0 unspecified atom stereocenters. The first kappa shape index (κ1) is 11.6. The number of hydrogen-bond acceptors (Lipinski definition) is 4. The van der Waals surface area contributed by atoms with Crippen LogP contribution < -0.4 is 5.56 Å². The van der Waals surface area contributed by atoms with Gasteiger partial charge in [0.15, 0.2) is 0 Å². The molecule has 0 saturated carbocycles. The van der Waals surface area contributed by atoms with Gasteiger partial charge in [-0.1, -0.05) is 13.3 Å². The van der Waals surface area contributed by atoms with Crippen molar-refractivity contribution in [1.82, 2.24) is 19.2 Å². The zero-order chi connectivity index (χ0) is 12.7. The third kappa shape index (κ3) is 1.61. The third-order valence-corrected chi connectivity index (χ3v) is 3.52. The molecule has 0 saturated heterocycles. The predicted molar refractivity (Wildman–Crippen MR) is 71.9 cm³/mol. The Kier molecular flexibility index (Phi) is 2.77. The molecule has 0 aliphatic carbocycles. The first-order chi connectivity index (χ1) is 8.72. The summed E-state index contributed by atoms with van der Waals surface area (Å²) in [6, 6.07) is 0. The molecule has 7 heteroatoms. The van der Waals surface area contributed by atoms with E-state index in [1.54, 1.807) is 0 Å². The van der Waals surface area contributed by atoms with Crippen molar-refractivity contribution in [2.75, 3.05) is 0 Å². The number of aromatic nitrogens is 4. The topological polar surface area (TPSA) is 64.5 Å². The average molecular weight is 310 g/mol. The number of fused-ring (bicyclic) bond motifs is 2. The summed E-state index contributed by atoms with van der Waals surface area (Å²) in [4.78, 5) is 16.6. The van der Waals surface area contributed by atoms with Crippen molar-refractivity contribution in [2.24, 2.45) is 4.99 Å². The van der Waals surface area contributed by atoms with Crippen LogP contribution in [0.1, 0.15) is 25.3 Å². The molecule has 0 bridgehead atoms. The molecular formula is C11H12BrN5O. The summed E-state index contributed by atoms with van der Waals surface area (Å²) < 4.78 is 4.26. The Labute approximate surface area is 111 Å². The second-order valence-electron chi connectivity index (χ2n) is 4.28. The lowest BCUT2D eigenvalue weighted by Gasteiger charge is -2.11. The maximum absolute atomic E-state index is 12.2. The van der Waals surface area contributed by atoms with E-state index in [2.05, 4.69) is 38.0 Å². The van der Waals surface area contributed by atoms with Gasteiger partial charge in [-0.05, 0) is 22.4 Å². The zero-order valence-electron chi connectivity index (χ0n) is 9.93. The van der Waals surface area contributed by atoms with Crippen molar-refractivity contribution in [3.05, 3.63) is 22.2 Å². The Bertz CT molecular complexity index is 699. The van der Waals surface area contributed by atoms with Crippen molar-refractivity contribution >= 4 is 32.1 Å². The zero-order valence-corrected chi connectivity index (χ0v) is 11.5. The van der Waals surface area contributed by atoms with E-state index >= 15 is 0 Å². The summed E-state index contributed by atoms with van der Waals surface area (Å²) in [5.74, 6) is 1.29. The Morgan fingerprint density at radius 2 is 2.33 bits per heavy atom. The van der Waals surface area contributed by atoms with Gasteiger partial charge in [-0.15, -0.1) is 10.2 Å². The van der Waals surface area contributed by atoms with Crippen LogP contribution in [0.4, 0.5) is 5.82 Å². The lowest BCUT2D eigenvalue weighted by atomic mass is 10.2. The molecule has 6 nitrogen and oxygen atoms in total. The highest BCUT2D eigenvalue weighted by molar-refractivity contribution is 9.18. The maximum Gasteiger partial charge on any atom is 0.266 e. The fourth-order valence-electron chi connectivity index (χ4n) is 2.16. The van der Waals surface area contributed by atoms with Gasteiger partial charge in [-0.2, -0.15) is 0 Å². The van der Waals surface area contributed by atoms with E-state index in [-0.39, 0.29) is 5.56 Å². The van der Waals surface area contributed by atoms with Crippen molar-refractivity contribution in [1.29, 1.82) is 0 Å². The predicted octanol–water partition coefficient (Wildman–Crippen LogP) is 1.67. The molecule has 3 rings (SSSR count). The van der Waals surface area contributed by atoms with Gasteiger partial charge in [0, 0.05) is 13.0 Å². The monoisotopic (exact) mass is 309 g/mol. The van der Waals surface area contributed by atoms with Crippen molar-refractivity contribution in [3.8, 4) is 0 Å². The third-order valence-electron chi connectivity index (χ3n) is 3.06. The van der Waals surface area contributed by atoms with Gasteiger partial charge >= 0.3 is 0 Å². The largest absolute Gasteiger partial charge is 0.294 e. The molecule has 1 aliphatic heterocycles. The number of nitrogens with zero attached hydrogens (tertiary/aromatic N) is 5. The Morgan fingerprint density at radius 3 is 3.11 bits per heavy atom. The molecule has 2 aromatic rings. The summed E-state index contributed by atoms with van der Waals surface area (Å²) >= 11 is 3.37. The highest BCUT2D eigenvalue weighted by atomic mass is 79.9. The molecule has 0 N–H and O–H groups in total. The van der Waals surface area contributed by atoms with Crippen LogP contribution in [0.15, 0.2) is 16.1 Å². The van der Waals surface area contributed by atoms with Gasteiger partial charge in [0.1, 0.15) is 12.1 Å². The second-order valence-corrected chi connectivity index (χ2v) is 5.19. The highest BCUT2D eigenvalue weighted by Gasteiger charge is 2.23. The molecule has 0 fully saturated rings. The lowest BCUT2D eigenvalue weighted by molar-refractivity contribution is 0.631. The van der Waals surface area contributed by atoms with Crippen molar-refractivity contribution in [3.63, 3.8) is 0 Å². The first-order valence-electron chi connectivity index (χ1n) is 5.91. The minimum Gasteiger partial charge on any atom is -0.294 e. The van der Waals surface area contributed by atoms with Crippen LogP contribution in [0.25, 0.3) is 5.78 Å². The van der Waals surface area contributed by atoms with Crippen molar-refractivity contribution in [2.45, 2.75) is 32.7 Å². The number of rotatable bonds is 3. The Hall–Kier alpha value is -1.50. The number of unbranched alkanes of at least 4 members (excludes halogenated alkanes) is 1. The summed E-state index contributed by atoms with van der Waals surface area (Å²) in [7, 11) is 0. The summed E-state index contributed by atoms with van der Waals surface area (Å²) in [5, 5.41) is 7.85. The molecule has 2 aromatic heterocycles. The molecule has 18 heavy (non-hydrogen) atoms. The quantitative estimate of drug-likeness (QED) is 0.866. The summed E-state index contributed by atoms with van der Waals surface area (Å²) in [5.41, 5.74) is 0.640. The van der Waals surface area contributed by atoms with Gasteiger partial charge < -0.3 is 0 Å². The Morgan fingerprint density at radius 1 is 1.50 bits per heavy atom. The molecule has 0 amide bonds. The summed E-state index contributed by atoms with van der Waals surface area (Å²) in [6.45, 7) is 2.92. The number of halogens is 1.